The van der Waals surface area contributed by atoms with Crippen LogP contribution in [0.3, 0.4) is 0 Å². The number of allylic oxidation sites excluding steroid dienone is 1. The molecule has 0 bridgehead atoms. The van der Waals surface area contributed by atoms with Crippen LogP contribution in [0.1, 0.15) is 102 Å². The number of hydrogen-bond donors (Lipinski definition) is 3. The first kappa shape index (κ1) is 55.2. The number of benzene rings is 3. The Labute approximate surface area is 418 Å². The maximum Gasteiger partial charge on any atom is 0.501 e. The number of rotatable bonds is 24. The molecule has 386 valence electrons. The van der Waals surface area contributed by atoms with E-state index in [2.05, 4.69) is 45.7 Å². The van der Waals surface area contributed by atoms with E-state index in [1.165, 1.54) is 49.6 Å². The molecule has 3 aromatic carbocycles. The van der Waals surface area contributed by atoms with E-state index in [-0.39, 0.29) is 11.5 Å². The summed E-state index contributed by atoms with van der Waals surface area (Å²) in [6.45, 7) is 15.9. The normalized spacial score (nSPS) is 18.2. The number of sulfonamides is 1. The summed E-state index contributed by atoms with van der Waals surface area (Å²) < 4.78 is 98.6. The summed E-state index contributed by atoms with van der Waals surface area (Å²) >= 11 is 1.46. The van der Waals surface area contributed by atoms with Crippen LogP contribution < -0.4 is 20.7 Å². The average Bonchev–Trinajstić information content (AvgIpc) is 3.32. The van der Waals surface area contributed by atoms with Crippen LogP contribution in [-0.4, -0.2) is 133 Å². The fraction of sp³-hybridized carbons (Fsp3) is 0.569. The van der Waals surface area contributed by atoms with E-state index in [1.54, 1.807) is 23.3 Å². The number of hydrogen-bond acceptors (Lipinski definition) is 12. The van der Waals surface area contributed by atoms with Gasteiger partial charge in [-0.2, -0.15) is 13.2 Å². The van der Waals surface area contributed by atoms with Crippen LogP contribution in [0.15, 0.2) is 98.6 Å². The van der Waals surface area contributed by atoms with Crippen LogP contribution in [0, 0.1) is 5.41 Å². The number of carbonyl (C=O) groups is 2. The summed E-state index contributed by atoms with van der Waals surface area (Å²) in [6.07, 6.45) is 10.5. The van der Waals surface area contributed by atoms with Gasteiger partial charge in [0.2, 0.25) is 5.91 Å². The van der Waals surface area contributed by atoms with Gasteiger partial charge < -0.3 is 25.8 Å². The standard InChI is InChI=1S/C51H72F3N7O6S3/c1-4-5-12-40-36-50(2,3)24-22-41(40)37-60-31-33-61(34-32-60)43-18-16-39(17-19-43)49(63)57-70(66,67)45-20-21-46(47(35-45)69(64,65)51(52,53)54)56-42(38-68-44-13-8-6-9-14-44)23-26-59-29-27-58(28-30-59)25-11-7-10-15-48(55)62/h6,8-9,13-14,16-21,35,42,56H,4-5,7,10-12,15,22-34,36-38H2,1-3H3,(H2,55,62)(H,57,63)/t42-/m1/s1. The highest BCUT2D eigenvalue weighted by Gasteiger charge is 2.48. The van der Waals surface area contributed by atoms with E-state index in [0.717, 1.165) is 120 Å². The fourth-order valence-electron chi connectivity index (χ4n) is 9.45. The minimum absolute atomic E-state index is 0.0105. The maximum absolute atomic E-state index is 14.3. The molecule has 2 fully saturated rings. The van der Waals surface area contributed by atoms with Crippen molar-refractivity contribution in [2.24, 2.45) is 11.1 Å². The highest BCUT2D eigenvalue weighted by atomic mass is 32.2. The summed E-state index contributed by atoms with van der Waals surface area (Å²) in [5, 5.41) is 3.04. The van der Waals surface area contributed by atoms with Crippen LogP contribution in [0.4, 0.5) is 24.5 Å². The minimum Gasteiger partial charge on any atom is -0.380 e. The van der Waals surface area contributed by atoms with Crippen LogP contribution >= 0.6 is 11.8 Å². The number of nitrogens with one attached hydrogen (secondary N) is 2. The van der Waals surface area contributed by atoms with Crippen LogP contribution in [-0.2, 0) is 24.7 Å². The van der Waals surface area contributed by atoms with Crippen molar-refractivity contribution in [2.45, 2.75) is 118 Å². The third-order valence-corrected chi connectivity index (χ3v) is 17.7. The number of anilines is 2. The first-order valence-electron chi connectivity index (χ1n) is 24.7. The van der Waals surface area contributed by atoms with Gasteiger partial charge in [0.1, 0.15) is 4.90 Å². The third-order valence-electron chi connectivity index (χ3n) is 13.7. The molecule has 3 aliphatic rings. The Kier molecular flexibility index (Phi) is 19.7. The van der Waals surface area contributed by atoms with Gasteiger partial charge in [0.15, 0.2) is 0 Å². The van der Waals surface area contributed by atoms with Crippen molar-refractivity contribution >= 4 is 54.8 Å². The van der Waals surface area contributed by atoms with Crippen molar-refractivity contribution in [1.29, 1.82) is 0 Å². The zero-order valence-corrected chi connectivity index (χ0v) is 43.4. The number of halogens is 3. The molecule has 3 aromatic rings. The molecule has 2 amide bonds. The quantitative estimate of drug-likeness (QED) is 0.0446. The van der Waals surface area contributed by atoms with Crippen LogP contribution in [0.2, 0.25) is 0 Å². The number of sulfone groups is 1. The lowest BCUT2D eigenvalue weighted by atomic mass is 9.73. The average molecular weight is 1030 g/mol. The van der Waals surface area contributed by atoms with E-state index in [4.69, 9.17) is 5.73 Å². The molecule has 0 unspecified atom stereocenters. The second-order valence-electron chi connectivity index (χ2n) is 19.7. The fourth-order valence-corrected chi connectivity index (χ4v) is 12.5. The Morgan fingerprint density at radius 3 is 2.10 bits per heavy atom. The SMILES string of the molecule is CCCCC1=C(CN2CCN(c3ccc(C(=O)NS(=O)(=O)c4ccc(N[C@H](CCN5CCN(CCCCCC(N)=O)CC5)CSc5ccccc5)c(S(=O)(=O)C(F)(F)F)c4)cc3)CC2)CCC(C)(C)C1. The maximum atomic E-state index is 14.3. The number of primary amides is 1. The Morgan fingerprint density at radius 1 is 0.800 bits per heavy atom. The van der Waals surface area contributed by atoms with Crippen molar-refractivity contribution in [1.82, 2.24) is 19.4 Å². The molecule has 0 saturated carbocycles. The zero-order valence-electron chi connectivity index (χ0n) is 40.9. The Bertz CT molecular complexity index is 2460. The second kappa shape index (κ2) is 25.0. The molecule has 70 heavy (non-hydrogen) atoms. The molecule has 2 saturated heterocycles. The first-order chi connectivity index (χ1) is 33.2. The van der Waals surface area contributed by atoms with E-state index in [9.17, 15) is 39.6 Å². The van der Waals surface area contributed by atoms with E-state index in [1.807, 2.05) is 35.1 Å². The Balaban J connectivity index is 1.10. The van der Waals surface area contributed by atoms with E-state index < -0.39 is 52.8 Å². The van der Waals surface area contributed by atoms with Gasteiger partial charge in [-0.1, -0.05) is 63.0 Å². The highest BCUT2D eigenvalue weighted by molar-refractivity contribution is 7.99. The predicted molar refractivity (Wildman–Crippen MR) is 273 cm³/mol. The molecule has 0 aromatic heterocycles. The summed E-state index contributed by atoms with van der Waals surface area (Å²) in [7, 11) is -10.9. The number of unbranched alkanes of at least 4 members (excludes halogenated alkanes) is 3. The van der Waals surface area contributed by atoms with Crippen LogP contribution in [0.25, 0.3) is 0 Å². The molecule has 4 N–H and O–H groups in total. The van der Waals surface area contributed by atoms with Crippen molar-refractivity contribution in [3.8, 4) is 0 Å². The summed E-state index contributed by atoms with van der Waals surface area (Å²) in [4.78, 5) is 32.6. The summed E-state index contributed by atoms with van der Waals surface area (Å²) in [5.74, 6) is -0.948. The molecule has 19 heteroatoms. The number of alkyl halides is 3. The summed E-state index contributed by atoms with van der Waals surface area (Å²) in [5.41, 5.74) is 3.55. The predicted octanol–water partition coefficient (Wildman–Crippen LogP) is 8.54. The van der Waals surface area contributed by atoms with Gasteiger partial charge >= 0.3 is 5.51 Å². The molecule has 2 aliphatic heterocycles. The van der Waals surface area contributed by atoms with Gasteiger partial charge in [0.25, 0.3) is 25.8 Å². The van der Waals surface area contributed by atoms with Crippen molar-refractivity contribution in [2.75, 3.05) is 88.0 Å². The largest absolute Gasteiger partial charge is 0.501 e. The Morgan fingerprint density at radius 2 is 1.46 bits per heavy atom. The molecule has 1 aliphatic carbocycles. The zero-order chi connectivity index (χ0) is 50.5. The highest BCUT2D eigenvalue weighted by Crippen LogP contribution is 2.41. The second-order valence-corrected chi connectivity index (χ2v) is 24.4. The number of carbonyl (C=O) groups excluding carboxylic acids is 2. The van der Waals surface area contributed by atoms with Crippen molar-refractivity contribution in [3.63, 3.8) is 0 Å². The topological polar surface area (TPSA) is 165 Å². The Hall–Kier alpha value is -4.14. The van der Waals surface area contributed by atoms with Gasteiger partial charge in [-0.05, 0) is 118 Å². The number of nitrogens with two attached hydrogens (primary N) is 1. The third kappa shape index (κ3) is 15.9. The van der Waals surface area contributed by atoms with Crippen LogP contribution in [0.5, 0.6) is 0 Å². The molecule has 6 rings (SSSR count). The van der Waals surface area contributed by atoms with E-state index >= 15 is 0 Å². The van der Waals surface area contributed by atoms with Gasteiger partial charge in [0, 0.05) is 99.8 Å². The monoisotopic (exact) mass is 1030 g/mol. The molecular weight excluding hydrogens is 960 g/mol. The lowest BCUT2D eigenvalue weighted by Gasteiger charge is -2.39. The number of nitrogens with zero attached hydrogens (tertiary/aromatic N) is 4. The lowest BCUT2D eigenvalue weighted by Crippen LogP contribution is -2.47. The molecular formula is C51H72F3N7O6S3. The minimum atomic E-state index is -6.07. The summed E-state index contributed by atoms with van der Waals surface area (Å²) in [6, 6.07) is 17.8. The molecule has 0 radical (unpaired) electrons. The molecule has 13 nitrogen and oxygen atoms in total. The van der Waals surface area contributed by atoms with Gasteiger partial charge in [-0.3, -0.25) is 14.5 Å². The molecule has 1 atom stereocenters. The molecule has 2 heterocycles. The van der Waals surface area contributed by atoms with Gasteiger partial charge in [-0.15, -0.1) is 11.8 Å². The first-order valence-corrected chi connectivity index (χ1v) is 28.7. The lowest BCUT2D eigenvalue weighted by molar-refractivity contribution is -0.118. The smallest absolute Gasteiger partial charge is 0.380 e. The van der Waals surface area contributed by atoms with Crippen molar-refractivity contribution in [3.05, 3.63) is 89.5 Å². The van der Waals surface area contributed by atoms with Gasteiger partial charge in [0.05, 0.1) is 10.6 Å². The molecule has 0 spiro atoms. The number of amides is 2. The van der Waals surface area contributed by atoms with Crippen molar-refractivity contribution < 1.29 is 39.6 Å². The van der Waals surface area contributed by atoms with Gasteiger partial charge in [-0.25, -0.2) is 21.6 Å². The van der Waals surface area contributed by atoms with E-state index in [0.29, 0.717) is 36.6 Å². The number of thioether (sulfide) groups is 1. The number of piperazine rings is 2.